The molecular weight excluding hydrogens is 355 g/mol. The number of benzene rings is 1. The summed E-state index contributed by atoms with van der Waals surface area (Å²) in [5.41, 5.74) is 5.72. The molecule has 0 aromatic heterocycles. The average molecular weight is 374 g/mol. The van der Waals surface area contributed by atoms with Crippen LogP contribution in [0.2, 0.25) is 10.0 Å². The molecular formula is C13H19Cl3N2O2S. The highest BCUT2D eigenvalue weighted by molar-refractivity contribution is 7.89. The highest BCUT2D eigenvalue weighted by Gasteiger charge is 2.29. The van der Waals surface area contributed by atoms with Gasteiger partial charge in [0.15, 0.2) is 0 Å². The maximum Gasteiger partial charge on any atom is 0.242 e. The predicted molar refractivity (Wildman–Crippen MR) is 88.8 cm³/mol. The molecule has 120 valence electrons. The van der Waals surface area contributed by atoms with E-state index in [1.54, 1.807) is 0 Å². The summed E-state index contributed by atoms with van der Waals surface area (Å²) in [5.74, 6) is 0.185. The van der Waals surface area contributed by atoms with Gasteiger partial charge in [0, 0.05) is 11.1 Å². The molecule has 0 spiro atoms. The van der Waals surface area contributed by atoms with Gasteiger partial charge in [0.05, 0.1) is 5.02 Å². The van der Waals surface area contributed by atoms with Crippen LogP contribution in [-0.4, -0.2) is 21.0 Å². The number of nitrogens with one attached hydrogen (secondary N) is 1. The van der Waals surface area contributed by atoms with Crippen molar-refractivity contribution in [3.8, 4) is 0 Å². The first-order chi connectivity index (χ1) is 9.44. The summed E-state index contributed by atoms with van der Waals surface area (Å²) in [6, 6.07) is 4.25. The standard InChI is InChI=1S/C13H18Cl2N2O2S.ClH/c14-10-5-6-13(11(15)7-10)20(18,19)17-12-4-2-1-3-9(12)8-16;/h5-7,9,12,17H,1-4,8,16H2;1H. The molecule has 3 N–H and O–H groups in total. The summed E-state index contributed by atoms with van der Waals surface area (Å²) in [6.07, 6.45) is 3.88. The van der Waals surface area contributed by atoms with Crippen molar-refractivity contribution in [3.05, 3.63) is 28.2 Å². The SMILES string of the molecule is Cl.NCC1CCCCC1NS(=O)(=O)c1ccc(Cl)cc1Cl. The lowest BCUT2D eigenvalue weighted by molar-refractivity contribution is 0.296. The molecule has 0 heterocycles. The molecule has 2 atom stereocenters. The zero-order valence-corrected chi connectivity index (χ0v) is 14.5. The van der Waals surface area contributed by atoms with Crippen LogP contribution in [0.15, 0.2) is 23.1 Å². The molecule has 0 amide bonds. The van der Waals surface area contributed by atoms with Crippen molar-refractivity contribution in [1.29, 1.82) is 0 Å². The zero-order chi connectivity index (χ0) is 14.8. The topological polar surface area (TPSA) is 72.2 Å². The molecule has 0 bridgehead atoms. The minimum atomic E-state index is -3.65. The van der Waals surface area contributed by atoms with Crippen molar-refractivity contribution in [2.75, 3.05) is 6.54 Å². The van der Waals surface area contributed by atoms with E-state index < -0.39 is 10.0 Å². The molecule has 0 saturated heterocycles. The fourth-order valence-electron chi connectivity index (χ4n) is 2.60. The molecule has 1 aliphatic rings. The normalized spacial score (nSPS) is 22.6. The number of hydrogen-bond acceptors (Lipinski definition) is 3. The van der Waals surface area contributed by atoms with Crippen molar-refractivity contribution >= 4 is 45.6 Å². The molecule has 2 unspecified atom stereocenters. The van der Waals surface area contributed by atoms with Gasteiger partial charge in [0.2, 0.25) is 10.0 Å². The van der Waals surface area contributed by atoms with Crippen LogP contribution in [0.5, 0.6) is 0 Å². The second-order valence-corrected chi connectivity index (χ2v) is 7.61. The van der Waals surface area contributed by atoms with Gasteiger partial charge in [-0.3, -0.25) is 0 Å². The molecule has 1 saturated carbocycles. The summed E-state index contributed by atoms with van der Waals surface area (Å²) in [7, 11) is -3.65. The summed E-state index contributed by atoms with van der Waals surface area (Å²) >= 11 is 11.8. The Morgan fingerprint density at radius 2 is 1.90 bits per heavy atom. The quantitative estimate of drug-likeness (QED) is 0.851. The third-order valence-corrected chi connectivity index (χ3v) is 5.91. The summed E-state index contributed by atoms with van der Waals surface area (Å²) < 4.78 is 27.6. The van der Waals surface area contributed by atoms with Crippen LogP contribution in [-0.2, 0) is 10.0 Å². The maximum atomic E-state index is 12.4. The van der Waals surface area contributed by atoms with Crippen molar-refractivity contribution in [2.45, 2.75) is 36.6 Å². The van der Waals surface area contributed by atoms with Crippen LogP contribution in [0, 0.1) is 5.92 Å². The molecule has 2 rings (SSSR count). The Morgan fingerprint density at radius 3 is 2.52 bits per heavy atom. The molecule has 0 radical (unpaired) electrons. The van der Waals surface area contributed by atoms with Crippen LogP contribution < -0.4 is 10.5 Å². The second kappa shape index (κ2) is 7.99. The summed E-state index contributed by atoms with van der Waals surface area (Å²) in [6.45, 7) is 0.488. The lowest BCUT2D eigenvalue weighted by Gasteiger charge is -2.31. The lowest BCUT2D eigenvalue weighted by Crippen LogP contribution is -2.44. The number of hydrogen-bond donors (Lipinski definition) is 2. The smallest absolute Gasteiger partial charge is 0.242 e. The third-order valence-electron chi connectivity index (χ3n) is 3.70. The first-order valence-corrected chi connectivity index (χ1v) is 8.85. The van der Waals surface area contributed by atoms with E-state index >= 15 is 0 Å². The fraction of sp³-hybridized carbons (Fsp3) is 0.538. The zero-order valence-electron chi connectivity index (χ0n) is 11.4. The van der Waals surface area contributed by atoms with Crippen molar-refractivity contribution in [1.82, 2.24) is 4.72 Å². The van der Waals surface area contributed by atoms with Crippen LogP contribution in [0.1, 0.15) is 25.7 Å². The Hall–Kier alpha value is -0.0400. The Labute approximate surface area is 141 Å². The van der Waals surface area contributed by atoms with E-state index in [2.05, 4.69) is 4.72 Å². The lowest BCUT2D eigenvalue weighted by atomic mass is 9.85. The van der Waals surface area contributed by atoms with E-state index in [-0.39, 0.29) is 34.3 Å². The van der Waals surface area contributed by atoms with Gasteiger partial charge >= 0.3 is 0 Å². The maximum absolute atomic E-state index is 12.4. The van der Waals surface area contributed by atoms with Crippen molar-refractivity contribution < 1.29 is 8.42 Å². The van der Waals surface area contributed by atoms with E-state index in [9.17, 15) is 8.42 Å². The molecule has 0 aliphatic heterocycles. The van der Waals surface area contributed by atoms with Gasteiger partial charge in [0.25, 0.3) is 0 Å². The van der Waals surface area contributed by atoms with Gasteiger partial charge in [-0.1, -0.05) is 36.0 Å². The highest BCUT2D eigenvalue weighted by atomic mass is 35.5. The van der Waals surface area contributed by atoms with Crippen molar-refractivity contribution in [3.63, 3.8) is 0 Å². The van der Waals surface area contributed by atoms with Crippen LogP contribution in [0.25, 0.3) is 0 Å². The van der Waals surface area contributed by atoms with Gasteiger partial charge in [-0.05, 0) is 43.5 Å². The summed E-state index contributed by atoms with van der Waals surface area (Å²) in [4.78, 5) is 0.0601. The molecule has 1 aromatic rings. The molecule has 21 heavy (non-hydrogen) atoms. The van der Waals surface area contributed by atoms with E-state index in [0.717, 1.165) is 25.7 Å². The van der Waals surface area contributed by atoms with Gasteiger partial charge in [0.1, 0.15) is 4.90 Å². The molecule has 1 aromatic carbocycles. The average Bonchev–Trinajstić information content (AvgIpc) is 2.38. The van der Waals surface area contributed by atoms with E-state index in [0.29, 0.717) is 11.6 Å². The van der Waals surface area contributed by atoms with Gasteiger partial charge in [-0.15, -0.1) is 12.4 Å². The number of halogens is 3. The molecule has 1 fully saturated rings. The predicted octanol–water partition coefficient (Wildman–Crippen LogP) is 3.21. The van der Waals surface area contributed by atoms with Crippen LogP contribution >= 0.6 is 35.6 Å². The first-order valence-electron chi connectivity index (χ1n) is 6.61. The van der Waals surface area contributed by atoms with E-state index in [4.69, 9.17) is 28.9 Å². The number of nitrogens with two attached hydrogens (primary N) is 1. The highest BCUT2D eigenvalue weighted by Crippen LogP contribution is 2.28. The van der Waals surface area contributed by atoms with E-state index in [1.807, 2.05) is 0 Å². The van der Waals surface area contributed by atoms with Gasteiger partial charge < -0.3 is 5.73 Å². The summed E-state index contributed by atoms with van der Waals surface area (Å²) in [5, 5.41) is 0.538. The molecule has 4 nitrogen and oxygen atoms in total. The number of rotatable bonds is 4. The van der Waals surface area contributed by atoms with Gasteiger partial charge in [-0.2, -0.15) is 0 Å². The van der Waals surface area contributed by atoms with E-state index in [1.165, 1.54) is 18.2 Å². The minimum absolute atomic E-state index is 0. The third kappa shape index (κ3) is 4.71. The minimum Gasteiger partial charge on any atom is -0.330 e. The Morgan fingerprint density at radius 1 is 1.24 bits per heavy atom. The Balaban J connectivity index is 0.00000220. The Bertz CT molecular complexity index is 581. The fourth-order valence-corrected chi connectivity index (χ4v) is 4.71. The number of sulfonamides is 1. The van der Waals surface area contributed by atoms with Crippen LogP contribution in [0.3, 0.4) is 0 Å². The van der Waals surface area contributed by atoms with Crippen LogP contribution in [0.4, 0.5) is 0 Å². The van der Waals surface area contributed by atoms with Crippen molar-refractivity contribution in [2.24, 2.45) is 11.7 Å². The largest absolute Gasteiger partial charge is 0.330 e. The Kier molecular flexibility index (Phi) is 7.24. The van der Waals surface area contributed by atoms with Gasteiger partial charge in [-0.25, -0.2) is 13.1 Å². The second-order valence-electron chi connectivity index (χ2n) is 5.08. The molecule has 1 aliphatic carbocycles. The monoisotopic (exact) mass is 372 g/mol. The molecule has 8 heteroatoms. The first kappa shape index (κ1) is 19.0.